The molecule has 0 aliphatic carbocycles. The number of nitrogens with zero attached hydrogens (tertiary/aromatic N) is 3. The van der Waals surface area contributed by atoms with Gasteiger partial charge in [-0.3, -0.25) is 4.99 Å². The molecule has 1 aliphatic heterocycles. The number of halogens is 2. The number of aromatic nitrogens is 2. The van der Waals surface area contributed by atoms with Crippen molar-refractivity contribution < 1.29 is 4.74 Å². The Bertz CT molecular complexity index is 1360. The molecule has 5 rings (SSSR count). The van der Waals surface area contributed by atoms with Crippen molar-refractivity contribution >= 4 is 51.7 Å². The molecular formula is C24H22Cl2N4OS. The van der Waals surface area contributed by atoms with Gasteiger partial charge in [0.1, 0.15) is 0 Å². The molecule has 1 unspecified atom stereocenters. The first kappa shape index (κ1) is 21.5. The first-order valence-electron chi connectivity index (χ1n) is 10.5. The van der Waals surface area contributed by atoms with Crippen LogP contribution >= 0.6 is 34.5 Å². The Morgan fingerprint density at radius 3 is 2.94 bits per heavy atom. The van der Waals surface area contributed by atoms with Gasteiger partial charge < -0.3 is 9.72 Å². The molecular weight excluding hydrogens is 463 g/mol. The molecule has 1 aliphatic rings. The average Bonchev–Trinajstić information content (AvgIpc) is 3.50. The average molecular weight is 485 g/mol. The summed E-state index contributed by atoms with van der Waals surface area (Å²) in [6.45, 7) is 3.49. The van der Waals surface area contributed by atoms with Gasteiger partial charge in [0, 0.05) is 44.7 Å². The van der Waals surface area contributed by atoms with E-state index in [1.807, 2.05) is 40.5 Å². The number of hydrogen-bond donors (Lipinski definition) is 1. The molecule has 1 fully saturated rings. The van der Waals surface area contributed by atoms with Crippen LogP contribution in [-0.2, 0) is 4.74 Å². The van der Waals surface area contributed by atoms with Crippen LogP contribution in [0.3, 0.4) is 0 Å². The highest BCUT2D eigenvalue weighted by Gasteiger charge is 2.16. The molecule has 4 aromatic rings. The van der Waals surface area contributed by atoms with Crippen molar-refractivity contribution in [2.24, 2.45) is 10.1 Å². The van der Waals surface area contributed by atoms with Crippen LogP contribution < -0.4 is 4.80 Å². The first-order valence-corrected chi connectivity index (χ1v) is 12.1. The van der Waals surface area contributed by atoms with Crippen molar-refractivity contribution in [2.45, 2.75) is 25.9 Å². The molecule has 1 atom stereocenters. The number of aryl methyl sites for hydroxylation is 1. The Labute approximate surface area is 200 Å². The minimum atomic E-state index is 0.174. The number of para-hydroxylation sites is 1. The van der Waals surface area contributed by atoms with Gasteiger partial charge >= 0.3 is 0 Å². The van der Waals surface area contributed by atoms with E-state index in [0.717, 1.165) is 57.7 Å². The Kier molecular flexibility index (Phi) is 6.20. The number of rotatable bonds is 5. The number of benzene rings is 2. The van der Waals surface area contributed by atoms with E-state index in [1.165, 1.54) is 11.3 Å². The fraction of sp³-hybridized carbons (Fsp3) is 0.250. The van der Waals surface area contributed by atoms with E-state index in [-0.39, 0.29) is 6.10 Å². The second-order valence-corrected chi connectivity index (χ2v) is 9.45. The van der Waals surface area contributed by atoms with Crippen molar-refractivity contribution in [3.63, 3.8) is 0 Å². The van der Waals surface area contributed by atoms with Crippen molar-refractivity contribution in [2.75, 3.05) is 13.2 Å². The van der Waals surface area contributed by atoms with Gasteiger partial charge in [-0.25, -0.2) is 4.68 Å². The normalized spacial score (nSPS) is 17.2. The van der Waals surface area contributed by atoms with Gasteiger partial charge in [0.15, 0.2) is 0 Å². The molecule has 5 nitrogen and oxygen atoms in total. The Morgan fingerprint density at radius 1 is 1.25 bits per heavy atom. The maximum atomic E-state index is 6.53. The molecule has 0 bridgehead atoms. The Morgan fingerprint density at radius 2 is 2.12 bits per heavy atom. The highest BCUT2D eigenvalue weighted by atomic mass is 35.5. The van der Waals surface area contributed by atoms with E-state index in [9.17, 15) is 0 Å². The zero-order valence-electron chi connectivity index (χ0n) is 17.5. The molecule has 1 saturated heterocycles. The predicted molar refractivity (Wildman–Crippen MR) is 133 cm³/mol. The van der Waals surface area contributed by atoms with Crippen molar-refractivity contribution in [1.29, 1.82) is 0 Å². The van der Waals surface area contributed by atoms with Crippen molar-refractivity contribution in [3.8, 4) is 11.3 Å². The summed E-state index contributed by atoms with van der Waals surface area (Å²) < 4.78 is 7.60. The zero-order valence-corrected chi connectivity index (χ0v) is 19.8. The van der Waals surface area contributed by atoms with E-state index in [0.29, 0.717) is 16.6 Å². The number of ether oxygens (including phenoxy) is 1. The van der Waals surface area contributed by atoms with Crippen LogP contribution in [0.25, 0.3) is 22.2 Å². The van der Waals surface area contributed by atoms with Gasteiger partial charge in [0.05, 0.1) is 29.6 Å². The summed E-state index contributed by atoms with van der Waals surface area (Å²) in [6, 6.07) is 13.7. The summed E-state index contributed by atoms with van der Waals surface area (Å²) in [5.41, 5.74) is 4.94. The lowest BCUT2D eigenvalue weighted by molar-refractivity contribution is 0.117. The summed E-state index contributed by atoms with van der Waals surface area (Å²) in [4.78, 5) is 9.06. The van der Waals surface area contributed by atoms with Gasteiger partial charge in [-0.15, -0.1) is 11.3 Å². The summed E-state index contributed by atoms with van der Waals surface area (Å²) in [5.74, 6) is 0. The van der Waals surface area contributed by atoms with Crippen LogP contribution in [-0.4, -0.2) is 35.1 Å². The molecule has 0 amide bonds. The van der Waals surface area contributed by atoms with Crippen molar-refractivity contribution in [3.05, 3.63) is 73.9 Å². The molecule has 3 heterocycles. The van der Waals surface area contributed by atoms with Crippen LogP contribution in [0.15, 0.2) is 57.9 Å². The molecule has 1 N–H and O–H groups in total. The summed E-state index contributed by atoms with van der Waals surface area (Å²) >= 11 is 14.2. The lowest BCUT2D eigenvalue weighted by Crippen LogP contribution is -2.17. The summed E-state index contributed by atoms with van der Waals surface area (Å²) in [5, 5.41) is 9.20. The number of thiazole rings is 1. The molecule has 2 aromatic carbocycles. The van der Waals surface area contributed by atoms with Crippen LogP contribution in [0.4, 0.5) is 0 Å². The number of fused-ring (bicyclic) bond motifs is 1. The molecule has 0 radical (unpaired) electrons. The number of hydrogen-bond acceptors (Lipinski definition) is 4. The molecule has 0 spiro atoms. The fourth-order valence-electron chi connectivity index (χ4n) is 3.95. The third kappa shape index (κ3) is 4.28. The third-order valence-corrected chi connectivity index (χ3v) is 6.99. The lowest BCUT2D eigenvalue weighted by Gasteiger charge is -2.07. The second-order valence-electron chi connectivity index (χ2n) is 7.77. The predicted octanol–water partition coefficient (Wildman–Crippen LogP) is 6.28. The van der Waals surface area contributed by atoms with Crippen molar-refractivity contribution in [1.82, 2.24) is 9.66 Å². The van der Waals surface area contributed by atoms with Gasteiger partial charge in [0.2, 0.25) is 4.80 Å². The molecule has 0 saturated carbocycles. The summed E-state index contributed by atoms with van der Waals surface area (Å²) in [7, 11) is 0. The second kappa shape index (κ2) is 9.24. The van der Waals surface area contributed by atoms with E-state index in [2.05, 4.69) is 24.0 Å². The zero-order chi connectivity index (χ0) is 22.1. The standard InChI is InChI=1S/C24H22Cl2N4OS/c1-15-20(18-6-2-3-7-22(18)29-15)13-28-30-23(19-9-8-16(25)11-21(19)26)14-32-24(30)27-12-17-5-4-10-31-17/h2-3,6-9,11,13-14,17,29H,4-5,10,12H2,1H3. The van der Waals surface area contributed by atoms with Gasteiger partial charge in [-0.05, 0) is 44.0 Å². The molecule has 2 aromatic heterocycles. The monoisotopic (exact) mass is 484 g/mol. The fourth-order valence-corrected chi connectivity index (χ4v) is 5.29. The minimum Gasteiger partial charge on any atom is -0.376 e. The summed E-state index contributed by atoms with van der Waals surface area (Å²) in [6.07, 6.45) is 4.20. The highest BCUT2D eigenvalue weighted by Crippen LogP contribution is 2.31. The first-order chi connectivity index (χ1) is 15.6. The van der Waals surface area contributed by atoms with E-state index in [4.69, 9.17) is 38.0 Å². The number of H-pyrrole nitrogens is 1. The number of aromatic amines is 1. The molecule has 8 heteroatoms. The molecule has 164 valence electrons. The van der Waals surface area contributed by atoms with E-state index in [1.54, 1.807) is 6.07 Å². The van der Waals surface area contributed by atoms with Crippen LogP contribution in [0, 0.1) is 6.92 Å². The number of nitrogens with one attached hydrogen (secondary N) is 1. The smallest absolute Gasteiger partial charge is 0.206 e. The van der Waals surface area contributed by atoms with Crippen LogP contribution in [0.2, 0.25) is 10.0 Å². The van der Waals surface area contributed by atoms with Gasteiger partial charge in [0.25, 0.3) is 0 Å². The maximum absolute atomic E-state index is 6.53. The largest absolute Gasteiger partial charge is 0.376 e. The van der Waals surface area contributed by atoms with Gasteiger partial charge in [-0.2, -0.15) is 5.10 Å². The minimum absolute atomic E-state index is 0.174. The van der Waals surface area contributed by atoms with Crippen LogP contribution in [0.1, 0.15) is 24.1 Å². The third-order valence-electron chi connectivity index (χ3n) is 5.59. The maximum Gasteiger partial charge on any atom is 0.206 e. The lowest BCUT2D eigenvalue weighted by atomic mass is 10.1. The van der Waals surface area contributed by atoms with Crippen LogP contribution in [0.5, 0.6) is 0 Å². The quantitative estimate of drug-likeness (QED) is 0.333. The Hall–Kier alpha value is -2.38. The van der Waals surface area contributed by atoms with E-state index >= 15 is 0 Å². The van der Waals surface area contributed by atoms with E-state index < -0.39 is 0 Å². The Balaban J connectivity index is 1.60. The van der Waals surface area contributed by atoms with Gasteiger partial charge in [-0.1, -0.05) is 41.4 Å². The SMILES string of the molecule is Cc1[nH]c2ccccc2c1C=Nn1c(-c2ccc(Cl)cc2Cl)csc1=NCC1CCCO1. The highest BCUT2D eigenvalue weighted by molar-refractivity contribution is 7.07. The molecule has 32 heavy (non-hydrogen) atoms. The topological polar surface area (TPSA) is 54.7 Å².